The van der Waals surface area contributed by atoms with E-state index in [0.29, 0.717) is 5.92 Å². The van der Waals surface area contributed by atoms with Gasteiger partial charge in [0.2, 0.25) is 5.91 Å². The van der Waals surface area contributed by atoms with Crippen molar-refractivity contribution in [2.24, 2.45) is 23.7 Å². The number of carbonyl (C=O) groups is 2. The lowest BCUT2D eigenvalue weighted by molar-refractivity contribution is -0.145. The van der Waals surface area contributed by atoms with Crippen molar-refractivity contribution in [1.82, 2.24) is 0 Å². The van der Waals surface area contributed by atoms with E-state index in [4.69, 9.17) is 4.74 Å². The van der Waals surface area contributed by atoms with Crippen LogP contribution in [0.3, 0.4) is 0 Å². The summed E-state index contributed by atoms with van der Waals surface area (Å²) in [6.45, 7) is 0. The quantitative estimate of drug-likeness (QED) is 0.631. The van der Waals surface area contributed by atoms with Crippen LogP contribution in [0.4, 0.5) is 5.69 Å². The Morgan fingerprint density at radius 3 is 2.75 bits per heavy atom. The predicted octanol–water partition coefficient (Wildman–Crippen LogP) is 2.43. The highest BCUT2D eigenvalue weighted by Crippen LogP contribution is 2.57. The number of amides is 1. The Morgan fingerprint density at radius 1 is 1.25 bits per heavy atom. The summed E-state index contributed by atoms with van der Waals surface area (Å²) in [5.74, 6) is -0.0119. The van der Waals surface area contributed by atoms with Gasteiger partial charge < -0.3 is 10.1 Å². The molecule has 5 heteroatoms. The number of carbonyl (C=O) groups excluding carboxylic acids is 2. The first-order chi connectivity index (χ1) is 9.63. The van der Waals surface area contributed by atoms with Crippen LogP contribution in [0.1, 0.15) is 12.8 Å². The number of anilines is 1. The van der Waals surface area contributed by atoms with Crippen LogP contribution in [-0.2, 0) is 14.3 Å². The van der Waals surface area contributed by atoms with E-state index >= 15 is 0 Å². The van der Waals surface area contributed by atoms with Gasteiger partial charge in [-0.25, -0.2) is 0 Å². The molecule has 1 aromatic rings. The standard InChI is InChI=1S/C15H14INO3/c16-8-1-3-9(4-2-8)17-14(18)12-7-5-10-11(6-7)20-15(19)13(10)12/h1-4,7,10-13H,5-6H2,(H,17,18)/t7-,10+,11-,12+,13+/m0/s1. The number of benzene rings is 1. The molecule has 3 fully saturated rings. The first kappa shape index (κ1) is 12.6. The Balaban J connectivity index is 1.54. The molecular formula is C15H14INO3. The van der Waals surface area contributed by atoms with E-state index in [0.717, 1.165) is 22.1 Å². The zero-order chi connectivity index (χ0) is 13.9. The maximum absolute atomic E-state index is 12.5. The normalized spacial score (nSPS) is 37.0. The van der Waals surface area contributed by atoms with Gasteiger partial charge in [-0.3, -0.25) is 9.59 Å². The summed E-state index contributed by atoms with van der Waals surface area (Å²) in [6.07, 6.45) is 1.91. The molecule has 3 aliphatic rings. The summed E-state index contributed by atoms with van der Waals surface area (Å²) in [5.41, 5.74) is 0.793. The number of ether oxygens (including phenoxy) is 1. The van der Waals surface area contributed by atoms with E-state index < -0.39 is 0 Å². The second kappa shape index (κ2) is 4.44. The van der Waals surface area contributed by atoms with Crippen LogP contribution in [0, 0.1) is 27.2 Å². The maximum Gasteiger partial charge on any atom is 0.310 e. The largest absolute Gasteiger partial charge is 0.462 e. The van der Waals surface area contributed by atoms with Gasteiger partial charge in [0.15, 0.2) is 0 Å². The topological polar surface area (TPSA) is 55.4 Å². The molecule has 1 heterocycles. The molecule has 1 amide bonds. The van der Waals surface area contributed by atoms with Gasteiger partial charge in [-0.2, -0.15) is 0 Å². The molecule has 2 aliphatic carbocycles. The number of hydrogen-bond acceptors (Lipinski definition) is 3. The summed E-state index contributed by atoms with van der Waals surface area (Å²) < 4.78 is 6.49. The Bertz CT molecular complexity index is 583. The number of esters is 1. The molecule has 0 spiro atoms. The van der Waals surface area contributed by atoms with Crippen molar-refractivity contribution in [2.45, 2.75) is 18.9 Å². The molecular weight excluding hydrogens is 369 g/mol. The SMILES string of the molecule is O=C(Nc1ccc(I)cc1)[C@@H]1[C@H]2C[C@H]3[C@H]1C(=O)O[C@H]3C2. The summed E-state index contributed by atoms with van der Waals surface area (Å²) in [5, 5.41) is 2.95. The molecule has 20 heavy (non-hydrogen) atoms. The van der Waals surface area contributed by atoms with Crippen molar-refractivity contribution in [1.29, 1.82) is 0 Å². The summed E-state index contributed by atoms with van der Waals surface area (Å²) >= 11 is 2.23. The third-order valence-corrected chi connectivity index (χ3v) is 5.62. The van der Waals surface area contributed by atoms with Crippen molar-refractivity contribution in [3.8, 4) is 0 Å². The van der Waals surface area contributed by atoms with E-state index in [2.05, 4.69) is 27.9 Å². The van der Waals surface area contributed by atoms with Crippen LogP contribution < -0.4 is 5.32 Å². The van der Waals surface area contributed by atoms with Crippen molar-refractivity contribution >= 4 is 40.2 Å². The molecule has 0 unspecified atom stereocenters. The van der Waals surface area contributed by atoms with Gasteiger partial charge in [0, 0.05) is 15.2 Å². The van der Waals surface area contributed by atoms with Crippen molar-refractivity contribution in [3.63, 3.8) is 0 Å². The lowest BCUT2D eigenvalue weighted by atomic mass is 9.79. The number of nitrogens with one attached hydrogen (secondary N) is 1. The Morgan fingerprint density at radius 2 is 2.00 bits per heavy atom. The van der Waals surface area contributed by atoms with Gasteiger partial charge in [0.1, 0.15) is 6.10 Å². The molecule has 1 aliphatic heterocycles. The molecule has 1 aromatic carbocycles. The Labute approximate surface area is 130 Å². The van der Waals surface area contributed by atoms with E-state index in [1.807, 2.05) is 24.3 Å². The predicted molar refractivity (Wildman–Crippen MR) is 80.9 cm³/mol. The van der Waals surface area contributed by atoms with Gasteiger partial charge >= 0.3 is 5.97 Å². The van der Waals surface area contributed by atoms with E-state index in [1.54, 1.807) is 0 Å². The number of rotatable bonds is 2. The average molecular weight is 383 g/mol. The highest BCUT2D eigenvalue weighted by Gasteiger charge is 2.63. The highest BCUT2D eigenvalue weighted by molar-refractivity contribution is 14.1. The molecule has 104 valence electrons. The van der Waals surface area contributed by atoms with Crippen LogP contribution in [-0.4, -0.2) is 18.0 Å². The Hall–Kier alpha value is -1.11. The Kier molecular flexibility index (Phi) is 2.80. The van der Waals surface area contributed by atoms with Crippen LogP contribution in [0.25, 0.3) is 0 Å². The van der Waals surface area contributed by atoms with Crippen LogP contribution in [0.5, 0.6) is 0 Å². The molecule has 2 saturated carbocycles. The molecule has 4 rings (SSSR count). The van der Waals surface area contributed by atoms with Crippen LogP contribution in [0.2, 0.25) is 0 Å². The number of fused-ring (bicyclic) bond motifs is 1. The lowest BCUT2D eigenvalue weighted by Gasteiger charge is -2.23. The molecule has 1 N–H and O–H groups in total. The zero-order valence-electron chi connectivity index (χ0n) is 10.7. The van der Waals surface area contributed by atoms with E-state index in [9.17, 15) is 9.59 Å². The average Bonchev–Trinajstić information content (AvgIpc) is 3.02. The van der Waals surface area contributed by atoms with Crippen molar-refractivity contribution < 1.29 is 14.3 Å². The summed E-state index contributed by atoms with van der Waals surface area (Å²) in [7, 11) is 0. The first-order valence-corrected chi connectivity index (χ1v) is 7.98. The monoisotopic (exact) mass is 383 g/mol. The third-order valence-electron chi connectivity index (χ3n) is 4.90. The van der Waals surface area contributed by atoms with Crippen molar-refractivity contribution in [2.75, 3.05) is 5.32 Å². The maximum atomic E-state index is 12.5. The smallest absolute Gasteiger partial charge is 0.310 e. The minimum absolute atomic E-state index is 0.0268. The van der Waals surface area contributed by atoms with Crippen LogP contribution >= 0.6 is 22.6 Å². The lowest BCUT2D eigenvalue weighted by Crippen LogP contribution is -2.35. The minimum Gasteiger partial charge on any atom is -0.462 e. The van der Waals surface area contributed by atoms with Gasteiger partial charge in [-0.1, -0.05) is 0 Å². The summed E-state index contributed by atoms with van der Waals surface area (Å²) in [6, 6.07) is 7.69. The van der Waals surface area contributed by atoms with Gasteiger partial charge in [0.25, 0.3) is 0 Å². The summed E-state index contributed by atoms with van der Waals surface area (Å²) in [4.78, 5) is 24.4. The van der Waals surface area contributed by atoms with Gasteiger partial charge in [0.05, 0.1) is 11.8 Å². The van der Waals surface area contributed by atoms with E-state index in [-0.39, 0.29) is 35.7 Å². The molecule has 5 atom stereocenters. The fourth-order valence-electron chi connectivity index (χ4n) is 4.12. The number of halogens is 1. The van der Waals surface area contributed by atoms with Gasteiger partial charge in [-0.15, -0.1) is 0 Å². The first-order valence-electron chi connectivity index (χ1n) is 6.90. The third kappa shape index (κ3) is 1.78. The molecule has 1 saturated heterocycles. The van der Waals surface area contributed by atoms with Gasteiger partial charge in [-0.05, 0) is 65.6 Å². The zero-order valence-corrected chi connectivity index (χ0v) is 12.9. The molecule has 2 bridgehead atoms. The highest BCUT2D eigenvalue weighted by atomic mass is 127. The second-order valence-corrected chi connectivity index (χ2v) is 7.16. The molecule has 0 aromatic heterocycles. The molecule has 4 nitrogen and oxygen atoms in total. The van der Waals surface area contributed by atoms with E-state index in [1.165, 1.54) is 0 Å². The van der Waals surface area contributed by atoms with Crippen molar-refractivity contribution in [3.05, 3.63) is 27.8 Å². The van der Waals surface area contributed by atoms with Crippen LogP contribution in [0.15, 0.2) is 24.3 Å². The fourth-order valence-corrected chi connectivity index (χ4v) is 4.48. The molecule has 0 radical (unpaired) electrons. The second-order valence-electron chi connectivity index (χ2n) is 5.92. The fraction of sp³-hybridized carbons (Fsp3) is 0.467. The number of hydrogen-bond donors (Lipinski definition) is 1. The minimum atomic E-state index is -0.206.